The predicted octanol–water partition coefficient (Wildman–Crippen LogP) is 2.03. The maximum absolute atomic E-state index is 10.7. The molecule has 0 aromatic heterocycles. The van der Waals surface area contributed by atoms with Crippen LogP contribution in [-0.2, 0) is 17.8 Å². The Morgan fingerprint density at radius 2 is 1.90 bits per heavy atom. The van der Waals surface area contributed by atoms with E-state index in [2.05, 4.69) is 10.2 Å². The molecule has 2 unspecified atom stereocenters. The Morgan fingerprint density at radius 3 is 2.67 bits per heavy atom. The summed E-state index contributed by atoms with van der Waals surface area (Å²) in [6.07, 6.45) is 5.40. The summed E-state index contributed by atoms with van der Waals surface area (Å²) in [5.41, 5.74) is 2.10. The molecule has 0 saturated carbocycles. The van der Waals surface area contributed by atoms with E-state index in [1.54, 1.807) is 0 Å². The summed E-state index contributed by atoms with van der Waals surface area (Å²) in [5.74, 6) is -0.774. The van der Waals surface area contributed by atoms with Gasteiger partial charge in [0.15, 0.2) is 0 Å². The molecular formula is C17H24N2O2. The highest BCUT2D eigenvalue weighted by atomic mass is 16.4. The molecule has 0 aliphatic carbocycles. The molecule has 0 radical (unpaired) electrons. The van der Waals surface area contributed by atoms with Crippen LogP contribution in [0.3, 0.4) is 0 Å². The van der Waals surface area contributed by atoms with Crippen molar-refractivity contribution in [3.05, 3.63) is 35.4 Å². The molecule has 1 aromatic carbocycles. The highest BCUT2D eigenvalue weighted by Crippen LogP contribution is 2.27. The summed E-state index contributed by atoms with van der Waals surface area (Å²) < 4.78 is 0. The molecular weight excluding hydrogens is 264 g/mol. The molecule has 3 rings (SSSR count). The number of piperidine rings is 1. The average molecular weight is 288 g/mol. The van der Waals surface area contributed by atoms with Crippen molar-refractivity contribution in [2.45, 2.75) is 50.7 Å². The second-order valence-corrected chi connectivity index (χ2v) is 6.26. The van der Waals surface area contributed by atoms with Gasteiger partial charge in [-0.15, -0.1) is 0 Å². The molecule has 2 fully saturated rings. The minimum Gasteiger partial charge on any atom is -0.481 e. The number of carbonyl (C=O) groups is 1. The first-order chi connectivity index (χ1) is 10.2. The molecule has 1 aromatic rings. The first-order valence-electron chi connectivity index (χ1n) is 7.99. The Hall–Kier alpha value is -1.39. The molecule has 2 atom stereocenters. The lowest BCUT2D eigenvalue weighted by Gasteiger charge is -2.32. The molecule has 4 nitrogen and oxygen atoms in total. The first kappa shape index (κ1) is 14.5. The second-order valence-electron chi connectivity index (χ2n) is 6.26. The number of fused-ring (bicyclic) bond motifs is 1. The standard InChI is InChI=1S/C17H24N2O2/c20-17(21)11-13-4-6-14(7-5-13)12-18-15-8-10-19-9-2-1-3-16(15)19/h4-7,15-16,18H,1-3,8-12H2,(H,20,21). The van der Waals surface area contributed by atoms with Crippen molar-refractivity contribution in [2.75, 3.05) is 13.1 Å². The predicted molar refractivity (Wildman–Crippen MR) is 82.2 cm³/mol. The largest absolute Gasteiger partial charge is 0.481 e. The van der Waals surface area contributed by atoms with E-state index in [0.29, 0.717) is 6.04 Å². The number of hydrogen-bond acceptors (Lipinski definition) is 3. The molecule has 2 heterocycles. The molecule has 2 saturated heterocycles. The number of nitrogens with zero attached hydrogens (tertiary/aromatic N) is 1. The summed E-state index contributed by atoms with van der Waals surface area (Å²) >= 11 is 0. The molecule has 2 aliphatic rings. The van der Waals surface area contributed by atoms with E-state index in [9.17, 15) is 4.79 Å². The number of carboxylic acids is 1. The van der Waals surface area contributed by atoms with Crippen LogP contribution in [0.15, 0.2) is 24.3 Å². The highest BCUT2D eigenvalue weighted by Gasteiger charge is 2.34. The van der Waals surface area contributed by atoms with Crippen LogP contribution < -0.4 is 5.32 Å². The van der Waals surface area contributed by atoms with E-state index in [1.165, 1.54) is 44.3 Å². The molecule has 114 valence electrons. The summed E-state index contributed by atoms with van der Waals surface area (Å²) in [4.78, 5) is 13.3. The van der Waals surface area contributed by atoms with Crippen molar-refractivity contribution in [1.82, 2.24) is 10.2 Å². The summed E-state index contributed by atoms with van der Waals surface area (Å²) in [5, 5.41) is 12.5. The Balaban J connectivity index is 1.52. The van der Waals surface area contributed by atoms with E-state index in [1.807, 2.05) is 24.3 Å². The molecule has 2 N–H and O–H groups in total. The van der Waals surface area contributed by atoms with Crippen LogP contribution in [0.2, 0.25) is 0 Å². The van der Waals surface area contributed by atoms with Crippen molar-refractivity contribution >= 4 is 5.97 Å². The van der Waals surface area contributed by atoms with Crippen molar-refractivity contribution in [3.8, 4) is 0 Å². The van der Waals surface area contributed by atoms with Crippen LogP contribution >= 0.6 is 0 Å². The van der Waals surface area contributed by atoms with Crippen molar-refractivity contribution in [1.29, 1.82) is 0 Å². The first-order valence-corrected chi connectivity index (χ1v) is 7.99. The van der Waals surface area contributed by atoms with Crippen molar-refractivity contribution < 1.29 is 9.90 Å². The molecule has 4 heteroatoms. The Morgan fingerprint density at radius 1 is 1.14 bits per heavy atom. The van der Waals surface area contributed by atoms with E-state index >= 15 is 0 Å². The number of carboxylic acid groups (broad SMARTS) is 1. The van der Waals surface area contributed by atoms with Crippen LogP contribution in [0.1, 0.15) is 36.8 Å². The van der Waals surface area contributed by atoms with Gasteiger partial charge in [-0.05, 0) is 36.9 Å². The average Bonchev–Trinajstić information content (AvgIpc) is 2.89. The van der Waals surface area contributed by atoms with E-state index in [4.69, 9.17) is 5.11 Å². The monoisotopic (exact) mass is 288 g/mol. The van der Waals surface area contributed by atoms with Gasteiger partial charge in [-0.25, -0.2) is 0 Å². The zero-order valence-electron chi connectivity index (χ0n) is 12.4. The molecule has 2 aliphatic heterocycles. The van der Waals surface area contributed by atoms with Gasteiger partial charge < -0.3 is 10.4 Å². The fourth-order valence-corrected chi connectivity index (χ4v) is 3.68. The van der Waals surface area contributed by atoms with Gasteiger partial charge in [0.25, 0.3) is 0 Å². The van der Waals surface area contributed by atoms with E-state index in [0.717, 1.165) is 18.2 Å². The summed E-state index contributed by atoms with van der Waals surface area (Å²) in [6.45, 7) is 3.38. The van der Waals surface area contributed by atoms with Crippen LogP contribution in [0.5, 0.6) is 0 Å². The maximum Gasteiger partial charge on any atom is 0.307 e. The van der Waals surface area contributed by atoms with Gasteiger partial charge in [0.2, 0.25) is 0 Å². The van der Waals surface area contributed by atoms with Crippen LogP contribution in [0.25, 0.3) is 0 Å². The lowest BCUT2D eigenvalue weighted by Crippen LogP contribution is -2.44. The van der Waals surface area contributed by atoms with Gasteiger partial charge >= 0.3 is 5.97 Å². The van der Waals surface area contributed by atoms with Gasteiger partial charge in [-0.3, -0.25) is 9.69 Å². The molecule has 0 spiro atoms. The number of benzene rings is 1. The zero-order valence-corrected chi connectivity index (χ0v) is 12.4. The quantitative estimate of drug-likeness (QED) is 0.870. The second kappa shape index (κ2) is 6.58. The van der Waals surface area contributed by atoms with Gasteiger partial charge in [-0.1, -0.05) is 30.7 Å². The minimum atomic E-state index is -0.774. The van der Waals surface area contributed by atoms with Gasteiger partial charge in [0, 0.05) is 25.2 Å². The molecule has 0 bridgehead atoms. The highest BCUT2D eigenvalue weighted by molar-refractivity contribution is 5.70. The third-order valence-corrected chi connectivity index (χ3v) is 4.80. The smallest absolute Gasteiger partial charge is 0.307 e. The SMILES string of the molecule is O=C(O)Cc1ccc(CNC2CCN3CCCCC23)cc1. The van der Waals surface area contributed by atoms with Gasteiger partial charge in [-0.2, -0.15) is 0 Å². The third-order valence-electron chi connectivity index (χ3n) is 4.80. The third kappa shape index (κ3) is 3.63. The number of hydrogen-bond donors (Lipinski definition) is 2. The zero-order chi connectivity index (χ0) is 14.7. The Labute approximate surface area is 126 Å². The summed E-state index contributed by atoms with van der Waals surface area (Å²) in [6, 6.07) is 9.27. The van der Waals surface area contributed by atoms with Crippen LogP contribution in [0, 0.1) is 0 Å². The normalized spacial score (nSPS) is 25.7. The minimum absolute atomic E-state index is 0.105. The maximum atomic E-state index is 10.7. The number of rotatable bonds is 5. The Kier molecular flexibility index (Phi) is 4.56. The Bertz CT molecular complexity index is 486. The lowest BCUT2D eigenvalue weighted by molar-refractivity contribution is -0.136. The summed E-state index contributed by atoms with van der Waals surface area (Å²) in [7, 11) is 0. The van der Waals surface area contributed by atoms with Crippen LogP contribution in [-0.4, -0.2) is 41.1 Å². The molecule has 21 heavy (non-hydrogen) atoms. The van der Waals surface area contributed by atoms with Crippen molar-refractivity contribution in [3.63, 3.8) is 0 Å². The fraction of sp³-hybridized carbons (Fsp3) is 0.588. The number of aliphatic carboxylic acids is 1. The van der Waals surface area contributed by atoms with E-state index < -0.39 is 5.97 Å². The van der Waals surface area contributed by atoms with Crippen LogP contribution in [0.4, 0.5) is 0 Å². The topological polar surface area (TPSA) is 52.6 Å². The van der Waals surface area contributed by atoms with Gasteiger partial charge in [0.05, 0.1) is 6.42 Å². The lowest BCUT2D eigenvalue weighted by atomic mass is 9.99. The fourth-order valence-electron chi connectivity index (χ4n) is 3.68. The number of nitrogens with one attached hydrogen (secondary N) is 1. The van der Waals surface area contributed by atoms with Crippen molar-refractivity contribution in [2.24, 2.45) is 0 Å². The van der Waals surface area contributed by atoms with E-state index in [-0.39, 0.29) is 6.42 Å². The van der Waals surface area contributed by atoms with Gasteiger partial charge in [0.1, 0.15) is 0 Å². The molecule has 0 amide bonds.